The van der Waals surface area contributed by atoms with Crippen molar-refractivity contribution in [2.75, 3.05) is 5.32 Å². The molecule has 0 fully saturated rings. The van der Waals surface area contributed by atoms with Crippen LogP contribution in [0.15, 0.2) is 60.7 Å². The molecule has 1 N–H and O–H groups in total. The fourth-order valence-electron chi connectivity index (χ4n) is 3.74. The molecule has 1 aliphatic rings. The fourth-order valence-corrected chi connectivity index (χ4v) is 3.74. The lowest BCUT2D eigenvalue weighted by Crippen LogP contribution is -2.13. The smallest absolute Gasteiger partial charge is 0.270 e. The summed E-state index contributed by atoms with van der Waals surface area (Å²) >= 11 is 0. The van der Waals surface area contributed by atoms with Crippen molar-refractivity contribution in [1.82, 2.24) is 0 Å². The van der Waals surface area contributed by atoms with Crippen molar-refractivity contribution in [3.63, 3.8) is 0 Å². The number of aryl methyl sites for hydroxylation is 2. The molecule has 156 valence electrons. The van der Waals surface area contributed by atoms with Crippen LogP contribution < -0.4 is 5.32 Å². The second-order valence-electron chi connectivity index (χ2n) is 7.45. The van der Waals surface area contributed by atoms with Crippen LogP contribution in [0.25, 0.3) is 11.1 Å². The average Bonchev–Trinajstić information content (AvgIpc) is 3.15. The number of anilines is 1. The van der Waals surface area contributed by atoms with Gasteiger partial charge >= 0.3 is 0 Å². The van der Waals surface area contributed by atoms with Gasteiger partial charge in [0.2, 0.25) is 0 Å². The monoisotopic (exact) mass is 415 g/mol. The minimum atomic E-state index is -2.96. The van der Waals surface area contributed by atoms with Crippen molar-refractivity contribution >= 4 is 11.6 Å². The number of halogens is 4. The minimum absolute atomic E-state index is 0. The summed E-state index contributed by atoms with van der Waals surface area (Å²) in [5.41, 5.74) is 4.22. The van der Waals surface area contributed by atoms with Gasteiger partial charge in [0.1, 0.15) is 5.82 Å². The molecule has 0 aliphatic heterocycles. The van der Waals surface area contributed by atoms with Gasteiger partial charge in [-0.3, -0.25) is 9.50 Å². The summed E-state index contributed by atoms with van der Waals surface area (Å²) < 4.78 is 40.8. The highest BCUT2D eigenvalue weighted by molar-refractivity contribution is 6.08. The Hall–Kier alpha value is -3.15. The van der Waals surface area contributed by atoms with Gasteiger partial charge in [0.15, 0.2) is 0 Å². The minimum Gasteiger partial charge on any atom is -0.322 e. The van der Waals surface area contributed by atoms with Gasteiger partial charge in [-0.15, -0.1) is 0 Å². The van der Waals surface area contributed by atoms with Crippen molar-refractivity contribution < 1.29 is 22.7 Å². The highest BCUT2D eigenvalue weighted by Crippen LogP contribution is 2.31. The second kappa shape index (κ2) is 8.30. The van der Waals surface area contributed by atoms with E-state index in [4.69, 9.17) is 0 Å². The van der Waals surface area contributed by atoms with E-state index in [0.29, 0.717) is 16.8 Å². The van der Waals surface area contributed by atoms with Crippen LogP contribution in [-0.2, 0) is 18.8 Å². The van der Waals surface area contributed by atoms with Crippen molar-refractivity contribution in [2.45, 2.75) is 32.1 Å². The van der Waals surface area contributed by atoms with Crippen LogP contribution in [-0.4, -0.2) is 5.91 Å². The Bertz CT molecular complexity index is 1070. The number of alkyl halides is 2. The average molecular weight is 415 g/mol. The molecule has 6 heteroatoms. The summed E-state index contributed by atoms with van der Waals surface area (Å²) in [7, 11) is 0. The molecule has 2 nitrogen and oxygen atoms in total. The zero-order valence-electron chi connectivity index (χ0n) is 16.3. The van der Waals surface area contributed by atoms with E-state index in [0.717, 1.165) is 26.2 Å². The van der Waals surface area contributed by atoms with E-state index in [-0.39, 0.29) is 21.7 Å². The van der Waals surface area contributed by atoms with E-state index in [1.54, 1.807) is 0 Å². The zero-order chi connectivity index (χ0) is 20.6. The summed E-state index contributed by atoms with van der Waals surface area (Å²) in [6, 6.07) is 15.3. The highest BCUT2D eigenvalue weighted by atomic mass is 19.3. The molecule has 0 spiro atoms. The summed E-state index contributed by atoms with van der Waals surface area (Å²) in [4.78, 5) is 12.9. The first-order chi connectivity index (χ1) is 13.8. The second-order valence-corrected chi connectivity index (χ2v) is 7.45. The van der Waals surface area contributed by atoms with Gasteiger partial charge in [-0.2, -0.15) is 0 Å². The Balaban J connectivity index is 0.00000256. The first-order valence-electron chi connectivity index (χ1n) is 9.53. The van der Waals surface area contributed by atoms with Crippen LogP contribution in [0.4, 0.5) is 23.6 Å². The Morgan fingerprint density at radius 3 is 2.33 bits per heavy atom. The van der Waals surface area contributed by atoms with Crippen LogP contribution in [0.1, 0.15) is 40.4 Å². The largest absolute Gasteiger partial charge is 0.322 e. The molecular formula is C24H21F4NO. The molecule has 0 bridgehead atoms. The number of benzene rings is 3. The molecule has 0 saturated heterocycles. The number of carbonyl (C=O) groups is 1. The van der Waals surface area contributed by atoms with E-state index in [9.17, 15) is 18.0 Å². The lowest BCUT2D eigenvalue weighted by Gasteiger charge is -2.14. The number of hydrogen-bond acceptors (Lipinski definition) is 1. The van der Waals surface area contributed by atoms with Gasteiger partial charge in [0.25, 0.3) is 11.8 Å². The van der Waals surface area contributed by atoms with E-state index in [1.165, 1.54) is 53.6 Å². The zero-order valence-corrected chi connectivity index (χ0v) is 16.3. The molecule has 0 atom stereocenters. The number of fused-ring (bicyclic) bond motifs is 1. The maximum absolute atomic E-state index is 13.9. The number of carbonyl (C=O) groups excluding carboxylic acids is 1. The Morgan fingerprint density at radius 2 is 1.63 bits per heavy atom. The topological polar surface area (TPSA) is 29.1 Å². The molecule has 0 radical (unpaired) electrons. The number of amides is 1. The number of nitrogens with one attached hydrogen (secondary N) is 1. The van der Waals surface area contributed by atoms with Gasteiger partial charge < -0.3 is 5.32 Å². The predicted molar refractivity (Wildman–Crippen MR) is 110 cm³/mol. The SMILES string of the molecule is CC(F)(F)c1ccc(-c2cc(F)ccc2C(=O)Nc2ccc3c(c2)CCC3)cc1.F. The predicted octanol–water partition coefficient (Wildman–Crippen LogP) is 6.50. The summed E-state index contributed by atoms with van der Waals surface area (Å²) in [5.74, 6) is -3.84. The third-order valence-corrected chi connectivity index (χ3v) is 5.29. The van der Waals surface area contributed by atoms with Crippen molar-refractivity contribution in [3.05, 3.63) is 88.7 Å². The first-order valence-corrected chi connectivity index (χ1v) is 9.53. The standard InChI is InChI=1S/C24H20F3NO.FH/c1-24(26,27)18-8-5-16(6-9-18)22-14-19(25)10-12-21(22)23(29)28-20-11-7-15-3-2-4-17(15)13-20;/h5-14H,2-4H2,1H3,(H,28,29);1H. The van der Waals surface area contributed by atoms with Gasteiger partial charge in [-0.1, -0.05) is 30.3 Å². The molecule has 3 aromatic carbocycles. The Morgan fingerprint density at radius 1 is 0.933 bits per heavy atom. The third kappa shape index (κ3) is 4.37. The molecule has 30 heavy (non-hydrogen) atoms. The molecule has 0 saturated carbocycles. The Kier molecular flexibility index (Phi) is 5.97. The van der Waals surface area contributed by atoms with E-state index < -0.39 is 11.7 Å². The van der Waals surface area contributed by atoms with Gasteiger partial charge in [-0.25, -0.2) is 13.2 Å². The normalized spacial score (nSPS) is 12.8. The maximum atomic E-state index is 13.9. The van der Waals surface area contributed by atoms with E-state index >= 15 is 0 Å². The van der Waals surface area contributed by atoms with Crippen LogP contribution in [0.3, 0.4) is 0 Å². The quantitative estimate of drug-likeness (QED) is 0.484. The molecule has 0 unspecified atom stereocenters. The van der Waals surface area contributed by atoms with Crippen molar-refractivity contribution in [3.8, 4) is 11.1 Å². The van der Waals surface area contributed by atoms with Gasteiger partial charge in [0.05, 0.1) is 0 Å². The first kappa shape index (κ1) is 21.6. The van der Waals surface area contributed by atoms with Crippen molar-refractivity contribution in [2.24, 2.45) is 0 Å². The lowest BCUT2D eigenvalue weighted by atomic mass is 9.97. The molecule has 4 rings (SSSR count). The molecule has 0 aromatic heterocycles. The lowest BCUT2D eigenvalue weighted by molar-refractivity contribution is 0.0175. The summed E-state index contributed by atoms with van der Waals surface area (Å²) in [6.07, 6.45) is 3.16. The van der Waals surface area contributed by atoms with Crippen molar-refractivity contribution in [1.29, 1.82) is 0 Å². The highest BCUT2D eigenvalue weighted by Gasteiger charge is 2.24. The molecule has 1 aliphatic carbocycles. The molecule has 1 amide bonds. The fraction of sp³-hybridized carbons (Fsp3) is 0.208. The van der Waals surface area contributed by atoms with Gasteiger partial charge in [0, 0.05) is 23.7 Å². The number of rotatable bonds is 4. The van der Waals surface area contributed by atoms with E-state index in [1.807, 2.05) is 18.2 Å². The van der Waals surface area contributed by atoms with Crippen LogP contribution in [0.5, 0.6) is 0 Å². The van der Waals surface area contributed by atoms with E-state index in [2.05, 4.69) is 5.32 Å². The van der Waals surface area contributed by atoms with Crippen LogP contribution in [0, 0.1) is 5.82 Å². The summed E-state index contributed by atoms with van der Waals surface area (Å²) in [5, 5.41) is 2.87. The molecule has 3 aromatic rings. The molecule has 0 heterocycles. The third-order valence-electron chi connectivity index (χ3n) is 5.29. The van der Waals surface area contributed by atoms with Crippen LogP contribution in [0.2, 0.25) is 0 Å². The van der Waals surface area contributed by atoms with Crippen LogP contribution >= 0.6 is 0 Å². The summed E-state index contributed by atoms with van der Waals surface area (Å²) in [6.45, 7) is 0.819. The number of hydrogen-bond donors (Lipinski definition) is 1. The maximum Gasteiger partial charge on any atom is 0.270 e. The Labute approximate surface area is 172 Å². The van der Waals surface area contributed by atoms with Gasteiger partial charge in [-0.05, 0) is 71.8 Å². The molecular weight excluding hydrogens is 394 g/mol.